The lowest BCUT2D eigenvalue weighted by molar-refractivity contribution is -0.119. The van der Waals surface area contributed by atoms with Crippen LogP contribution in [-0.2, 0) is 4.79 Å². The number of anilines is 1. The molecule has 3 heteroatoms. The van der Waals surface area contributed by atoms with Crippen LogP contribution in [0.2, 0.25) is 0 Å². The van der Waals surface area contributed by atoms with E-state index in [1.165, 1.54) is 0 Å². The zero-order valence-corrected chi connectivity index (χ0v) is 10.5. The van der Waals surface area contributed by atoms with Crippen LogP contribution in [0.4, 0.5) is 5.69 Å². The van der Waals surface area contributed by atoms with Crippen LogP contribution in [0, 0.1) is 5.92 Å². The van der Waals surface area contributed by atoms with Gasteiger partial charge >= 0.3 is 0 Å². The van der Waals surface area contributed by atoms with Crippen molar-refractivity contribution >= 4 is 11.6 Å². The molecule has 0 saturated heterocycles. The van der Waals surface area contributed by atoms with E-state index in [2.05, 4.69) is 13.8 Å². The number of carbonyl (C=O) groups excluding carboxylic acids is 1. The SMILES string of the molecule is CC(C)CC(=O)N1CCC(N)c2ccccc21. The summed E-state index contributed by atoms with van der Waals surface area (Å²) in [7, 11) is 0. The number of amides is 1. The molecule has 1 heterocycles. The molecule has 0 radical (unpaired) electrons. The largest absolute Gasteiger partial charge is 0.324 e. The summed E-state index contributed by atoms with van der Waals surface area (Å²) >= 11 is 0. The van der Waals surface area contributed by atoms with Gasteiger partial charge in [-0.15, -0.1) is 0 Å². The molecule has 1 amide bonds. The summed E-state index contributed by atoms with van der Waals surface area (Å²) in [5.74, 6) is 0.601. The summed E-state index contributed by atoms with van der Waals surface area (Å²) in [5, 5.41) is 0. The fourth-order valence-electron chi connectivity index (χ4n) is 2.31. The van der Waals surface area contributed by atoms with Gasteiger partial charge < -0.3 is 10.6 Å². The lowest BCUT2D eigenvalue weighted by Crippen LogP contribution is -2.38. The fourth-order valence-corrected chi connectivity index (χ4v) is 2.31. The van der Waals surface area contributed by atoms with Crippen molar-refractivity contribution in [3.8, 4) is 0 Å². The molecule has 1 aromatic rings. The Bertz CT molecular complexity index is 414. The van der Waals surface area contributed by atoms with E-state index < -0.39 is 0 Å². The quantitative estimate of drug-likeness (QED) is 0.851. The molecular formula is C14H20N2O. The Kier molecular flexibility index (Phi) is 3.48. The second-order valence-electron chi connectivity index (χ2n) is 5.10. The van der Waals surface area contributed by atoms with Crippen molar-refractivity contribution in [1.82, 2.24) is 0 Å². The number of para-hydroxylation sites is 1. The number of rotatable bonds is 2. The first kappa shape index (κ1) is 12.1. The summed E-state index contributed by atoms with van der Waals surface area (Å²) in [6.07, 6.45) is 1.45. The van der Waals surface area contributed by atoms with E-state index in [4.69, 9.17) is 5.73 Å². The third-order valence-corrected chi connectivity index (χ3v) is 3.17. The number of nitrogens with two attached hydrogens (primary N) is 1. The number of benzene rings is 1. The van der Waals surface area contributed by atoms with Gasteiger partial charge in [-0.1, -0.05) is 32.0 Å². The molecule has 1 atom stereocenters. The second-order valence-corrected chi connectivity index (χ2v) is 5.10. The van der Waals surface area contributed by atoms with Crippen LogP contribution in [0.3, 0.4) is 0 Å². The summed E-state index contributed by atoms with van der Waals surface area (Å²) < 4.78 is 0. The molecule has 2 rings (SSSR count). The maximum absolute atomic E-state index is 12.2. The predicted octanol–water partition coefficient (Wildman–Crippen LogP) is 2.47. The van der Waals surface area contributed by atoms with E-state index in [9.17, 15) is 4.79 Å². The number of carbonyl (C=O) groups is 1. The molecule has 1 aliphatic rings. The van der Waals surface area contributed by atoms with Gasteiger partial charge in [0.2, 0.25) is 5.91 Å². The molecule has 0 saturated carbocycles. The second kappa shape index (κ2) is 4.88. The Morgan fingerprint density at radius 1 is 1.47 bits per heavy atom. The van der Waals surface area contributed by atoms with E-state index in [1.54, 1.807) is 0 Å². The minimum atomic E-state index is 0.0642. The molecular weight excluding hydrogens is 212 g/mol. The highest BCUT2D eigenvalue weighted by atomic mass is 16.2. The van der Waals surface area contributed by atoms with Crippen LogP contribution in [-0.4, -0.2) is 12.5 Å². The molecule has 1 unspecified atom stereocenters. The van der Waals surface area contributed by atoms with E-state index in [0.29, 0.717) is 12.3 Å². The number of nitrogens with zero attached hydrogens (tertiary/aromatic N) is 1. The van der Waals surface area contributed by atoms with Gasteiger partial charge in [-0.05, 0) is 24.0 Å². The van der Waals surface area contributed by atoms with Crippen molar-refractivity contribution in [2.24, 2.45) is 11.7 Å². The average molecular weight is 232 g/mol. The first-order valence-corrected chi connectivity index (χ1v) is 6.24. The molecule has 17 heavy (non-hydrogen) atoms. The Morgan fingerprint density at radius 3 is 2.88 bits per heavy atom. The smallest absolute Gasteiger partial charge is 0.227 e. The number of fused-ring (bicyclic) bond motifs is 1. The third-order valence-electron chi connectivity index (χ3n) is 3.17. The number of hydrogen-bond donors (Lipinski definition) is 1. The highest BCUT2D eigenvalue weighted by Crippen LogP contribution is 2.32. The molecule has 0 spiro atoms. The molecule has 0 fully saturated rings. The van der Waals surface area contributed by atoms with Gasteiger partial charge in [-0.2, -0.15) is 0 Å². The zero-order valence-electron chi connectivity index (χ0n) is 10.5. The average Bonchev–Trinajstić information content (AvgIpc) is 2.29. The molecule has 92 valence electrons. The van der Waals surface area contributed by atoms with Gasteiger partial charge in [-0.3, -0.25) is 4.79 Å². The molecule has 0 bridgehead atoms. The number of hydrogen-bond acceptors (Lipinski definition) is 2. The molecule has 1 aliphatic heterocycles. The van der Waals surface area contributed by atoms with Gasteiger partial charge in [0.25, 0.3) is 0 Å². The predicted molar refractivity (Wildman–Crippen MR) is 69.8 cm³/mol. The standard InChI is InChI=1S/C14H20N2O/c1-10(2)9-14(17)16-8-7-12(15)11-5-3-4-6-13(11)16/h3-6,10,12H,7-9,15H2,1-2H3. The molecule has 3 nitrogen and oxygen atoms in total. The summed E-state index contributed by atoms with van der Waals surface area (Å²) in [5.41, 5.74) is 8.16. The minimum Gasteiger partial charge on any atom is -0.324 e. The van der Waals surface area contributed by atoms with Crippen molar-refractivity contribution in [2.45, 2.75) is 32.7 Å². The minimum absolute atomic E-state index is 0.0642. The van der Waals surface area contributed by atoms with Crippen molar-refractivity contribution in [3.05, 3.63) is 29.8 Å². The van der Waals surface area contributed by atoms with Crippen molar-refractivity contribution in [1.29, 1.82) is 0 Å². The third kappa shape index (κ3) is 2.50. The molecule has 0 aromatic heterocycles. The molecule has 0 aliphatic carbocycles. The Labute approximate surface area is 103 Å². The van der Waals surface area contributed by atoms with E-state index in [-0.39, 0.29) is 11.9 Å². The van der Waals surface area contributed by atoms with E-state index in [0.717, 1.165) is 24.2 Å². The summed E-state index contributed by atoms with van der Waals surface area (Å²) in [6.45, 7) is 4.88. The van der Waals surface area contributed by atoms with Gasteiger partial charge in [0, 0.05) is 24.7 Å². The van der Waals surface area contributed by atoms with E-state index >= 15 is 0 Å². The van der Waals surface area contributed by atoms with Crippen LogP contribution in [0.15, 0.2) is 24.3 Å². The first-order chi connectivity index (χ1) is 8.09. The van der Waals surface area contributed by atoms with Gasteiger partial charge in [-0.25, -0.2) is 0 Å². The fraction of sp³-hybridized carbons (Fsp3) is 0.500. The van der Waals surface area contributed by atoms with Crippen LogP contribution in [0.1, 0.15) is 38.3 Å². The summed E-state index contributed by atoms with van der Waals surface area (Å²) in [4.78, 5) is 14.1. The van der Waals surface area contributed by atoms with Crippen LogP contribution < -0.4 is 10.6 Å². The van der Waals surface area contributed by atoms with Crippen molar-refractivity contribution < 1.29 is 4.79 Å². The highest BCUT2D eigenvalue weighted by Gasteiger charge is 2.26. The topological polar surface area (TPSA) is 46.3 Å². The Balaban J connectivity index is 2.27. The van der Waals surface area contributed by atoms with Crippen LogP contribution in [0.5, 0.6) is 0 Å². The molecule has 1 aromatic carbocycles. The van der Waals surface area contributed by atoms with Crippen molar-refractivity contribution in [3.63, 3.8) is 0 Å². The first-order valence-electron chi connectivity index (χ1n) is 6.24. The van der Waals surface area contributed by atoms with Gasteiger partial charge in [0.15, 0.2) is 0 Å². The van der Waals surface area contributed by atoms with Crippen molar-refractivity contribution in [2.75, 3.05) is 11.4 Å². The zero-order chi connectivity index (χ0) is 12.4. The highest BCUT2D eigenvalue weighted by molar-refractivity contribution is 5.94. The Morgan fingerprint density at radius 2 is 2.18 bits per heavy atom. The normalized spacial score (nSPS) is 19.3. The van der Waals surface area contributed by atoms with Crippen LogP contribution >= 0.6 is 0 Å². The lowest BCUT2D eigenvalue weighted by Gasteiger charge is -2.33. The maximum atomic E-state index is 12.2. The van der Waals surface area contributed by atoms with Gasteiger partial charge in [0.1, 0.15) is 0 Å². The lowest BCUT2D eigenvalue weighted by atomic mass is 9.96. The summed E-state index contributed by atoms with van der Waals surface area (Å²) in [6, 6.07) is 8.03. The van der Waals surface area contributed by atoms with E-state index in [1.807, 2.05) is 29.2 Å². The monoisotopic (exact) mass is 232 g/mol. The maximum Gasteiger partial charge on any atom is 0.227 e. The van der Waals surface area contributed by atoms with Gasteiger partial charge in [0.05, 0.1) is 0 Å². The Hall–Kier alpha value is -1.35. The van der Waals surface area contributed by atoms with Crippen LogP contribution in [0.25, 0.3) is 0 Å². The molecule has 2 N–H and O–H groups in total.